The van der Waals surface area contributed by atoms with E-state index in [1.165, 1.54) is 18.4 Å². The number of hydrogen-bond acceptors (Lipinski definition) is 2. The molecule has 0 radical (unpaired) electrons. The van der Waals surface area contributed by atoms with Crippen LogP contribution in [-0.4, -0.2) is 11.6 Å². The maximum atomic E-state index is 13.2. The Morgan fingerprint density at radius 2 is 1.83 bits per heavy atom. The van der Waals surface area contributed by atoms with Gasteiger partial charge in [-0.2, -0.15) is 0 Å². The lowest BCUT2D eigenvalue weighted by atomic mass is 9.47. The van der Waals surface area contributed by atoms with Crippen LogP contribution in [0.15, 0.2) is 60.2 Å². The summed E-state index contributed by atoms with van der Waals surface area (Å²) in [5.41, 5.74) is 2.59. The zero-order valence-electron chi connectivity index (χ0n) is 18.1. The number of ketones is 2. The molecule has 1 aromatic carbocycles. The predicted octanol–water partition coefficient (Wildman–Crippen LogP) is 6.19. The van der Waals surface area contributed by atoms with E-state index in [1.54, 1.807) is 6.08 Å². The van der Waals surface area contributed by atoms with E-state index in [2.05, 4.69) is 19.9 Å². The molecule has 0 spiro atoms. The highest BCUT2D eigenvalue weighted by molar-refractivity contribution is 6.01. The van der Waals surface area contributed by atoms with Gasteiger partial charge >= 0.3 is 0 Å². The van der Waals surface area contributed by atoms with E-state index < -0.39 is 0 Å². The second kappa shape index (κ2) is 7.18. The molecule has 4 aliphatic carbocycles. The van der Waals surface area contributed by atoms with Gasteiger partial charge in [-0.1, -0.05) is 61.9 Å². The Labute approximate surface area is 180 Å². The summed E-state index contributed by atoms with van der Waals surface area (Å²) in [6.45, 7) is 4.75. The van der Waals surface area contributed by atoms with E-state index in [4.69, 9.17) is 0 Å². The Morgan fingerprint density at radius 3 is 2.63 bits per heavy atom. The van der Waals surface area contributed by atoms with Crippen molar-refractivity contribution in [3.63, 3.8) is 0 Å². The summed E-state index contributed by atoms with van der Waals surface area (Å²) in [5, 5.41) is 0. The van der Waals surface area contributed by atoms with Crippen LogP contribution in [0.1, 0.15) is 57.9 Å². The van der Waals surface area contributed by atoms with Gasteiger partial charge in [-0.25, -0.2) is 0 Å². The molecule has 0 aliphatic heterocycles. The molecule has 0 amide bonds. The first-order valence-corrected chi connectivity index (χ1v) is 11.6. The molecular formula is C28H32O2. The minimum Gasteiger partial charge on any atom is -0.295 e. The zero-order valence-corrected chi connectivity index (χ0v) is 18.1. The second-order valence-electron chi connectivity index (χ2n) is 10.4. The van der Waals surface area contributed by atoms with Gasteiger partial charge in [0.2, 0.25) is 0 Å². The molecule has 3 saturated carbocycles. The summed E-state index contributed by atoms with van der Waals surface area (Å²) in [6.07, 6.45) is 16.4. The van der Waals surface area contributed by atoms with Crippen molar-refractivity contribution in [1.29, 1.82) is 0 Å². The molecule has 30 heavy (non-hydrogen) atoms. The van der Waals surface area contributed by atoms with Crippen molar-refractivity contribution in [1.82, 2.24) is 0 Å². The van der Waals surface area contributed by atoms with Crippen LogP contribution in [0.3, 0.4) is 0 Å². The minimum absolute atomic E-state index is 0.0352. The van der Waals surface area contributed by atoms with Crippen molar-refractivity contribution < 1.29 is 9.59 Å². The van der Waals surface area contributed by atoms with Crippen LogP contribution >= 0.6 is 0 Å². The van der Waals surface area contributed by atoms with E-state index in [-0.39, 0.29) is 22.5 Å². The number of carbonyl (C=O) groups is 2. The molecule has 0 aromatic heterocycles. The monoisotopic (exact) mass is 400 g/mol. The van der Waals surface area contributed by atoms with Crippen LogP contribution in [-0.2, 0) is 9.59 Å². The topological polar surface area (TPSA) is 34.1 Å². The van der Waals surface area contributed by atoms with Gasteiger partial charge in [0.25, 0.3) is 0 Å². The van der Waals surface area contributed by atoms with Gasteiger partial charge < -0.3 is 0 Å². The van der Waals surface area contributed by atoms with Gasteiger partial charge in [-0.15, -0.1) is 0 Å². The quantitative estimate of drug-likeness (QED) is 0.567. The first kappa shape index (κ1) is 19.7. The number of allylic oxidation sites excluding steroid dienone is 5. The van der Waals surface area contributed by atoms with Gasteiger partial charge in [-0.3, -0.25) is 9.59 Å². The Morgan fingerprint density at radius 1 is 1.03 bits per heavy atom. The highest BCUT2D eigenvalue weighted by Crippen LogP contribution is 2.66. The molecule has 0 bridgehead atoms. The smallest absolute Gasteiger partial charge is 0.178 e. The van der Waals surface area contributed by atoms with E-state index >= 15 is 0 Å². The van der Waals surface area contributed by atoms with Crippen LogP contribution in [0.2, 0.25) is 0 Å². The number of fused-ring (bicyclic) bond motifs is 5. The lowest BCUT2D eigenvalue weighted by Crippen LogP contribution is -2.50. The van der Waals surface area contributed by atoms with Crippen LogP contribution in [0, 0.1) is 34.5 Å². The van der Waals surface area contributed by atoms with Crippen LogP contribution in [0.4, 0.5) is 0 Å². The molecule has 2 heteroatoms. The Kier molecular flexibility index (Phi) is 4.72. The summed E-state index contributed by atoms with van der Waals surface area (Å²) in [5.74, 6) is 2.51. The highest BCUT2D eigenvalue weighted by atomic mass is 16.1. The SMILES string of the molecule is C[C@]12CC[C@H]3[C@@H](CCC4=CC(=O)C=C[C@@]43C)[C@@H]1CC[C@@H]2C(=O)/C=C/c1ccccc1. The lowest BCUT2D eigenvalue weighted by Gasteiger charge is -2.56. The fourth-order valence-corrected chi connectivity index (χ4v) is 7.52. The van der Waals surface area contributed by atoms with Crippen molar-refractivity contribution >= 4 is 17.6 Å². The number of hydrogen-bond donors (Lipinski definition) is 0. The largest absolute Gasteiger partial charge is 0.295 e. The Bertz CT molecular complexity index is 952. The molecule has 0 saturated heterocycles. The number of carbonyl (C=O) groups excluding carboxylic acids is 2. The molecule has 0 N–H and O–H groups in total. The maximum absolute atomic E-state index is 13.2. The second-order valence-corrected chi connectivity index (χ2v) is 10.4. The number of benzene rings is 1. The molecule has 1 aromatic rings. The van der Waals surface area contributed by atoms with Gasteiger partial charge in [0.05, 0.1) is 0 Å². The van der Waals surface area contributed by atoms with Gasteiger partial charge in [0.1, 0.15) is 0 Å². The normalized spacial score (nSPS) is 39.9. The third kappa shape index (κ3) is 2.99. The van der Waals surface area contributed by atoms with Crippen LogP contribution in [0.5, 0.6) is 0 Å². The van der Waals surface area contributed by atoms with Crippen molar-refractivity contribution in [2.24, 2.45) is 34.5 Å². The van der Waals surface area contributed by atoms with Gasteiger partial charge in [-0.05, 0) is 85.5 Å². The van der Waals surface area contributed by atoms with Crippen LogP contribution in [0.25, 0.3) is 6.08 Å². The maximum Gasteiger partial charge on any atom is 0.178 e. The van der Waals surface area contributed by atoms with E-state index in [0.29, 0.717) is 23.5 Å². The third-order valence-electron chi connectivity index (χ3n) is 9.14. The fraction of sp³-hybridized carbons (Fsp3) is 0.500. The minimum atomic E-state index is 0.0352. The molecule has 6 atom stereocenters. The first-order chi connectivity index (χ1) is 14.4. The van der Waals surface area contributed by atoms with E-state index in [1.807, 2.05) is 48.6 Å². The predicted molar refractivity (Wildman–Crippen MR) is 121 cm³/mol. The molecular weight excluding hydrogens is 368 g/mol. The van der Waals surface area contributed by atoms with Crippen molar-refractivity contribution in [3.05, 3.63) is 65.8 Å². The van der Waals surface area contributed by atoms with Gasteiger partial charge in [0, 0.05) is 11.3 Å². The van der Waals surface area contributed by atoms with Crippen molar-refractivity contribution in [3.8, 4) is 0 Å². The summed E-state index contributed by atoms with van der Waals surface area (Å²) in [7, 11) is 0. The summed E-state index contributed by atoms with van der Waals surface area (Å²) < 4.78 is 0. The highest BCUT2D eigenvalue weighted by Gasteiger charge is 2.59. The molecule has 5 rings (SSSR count). The Balaban J connectivity index is 1.37. The first-order valence-electron chi connectivity index (χ1n) is 11.6. The lowest BCUT2D eigenvalue weighted by molar-refractivity contribution is -0.124. The molecule has 4 aliphatic rings. The zero-order chi connectivity index (χ0) is 20.9. The van der Waals surface area contributed by atoms with E-state index in [9.17, 15) is 9.59 Å². The molecule has 2 nitrogen and oxygen atoms in total. The van der Waals surface area contributed by atoms with Gasteiger partial charge in [0.15, 0.2) is 11.6 Å². The molecule has 3 fully saturated rings. The Hall–Kier alpha value is -2.22. The summed E-state index contributed by atoms with van der Waals surface area (Å²) >= 11 is 0. The van der Waals surface area contributed by atoms with Crippen LogP contribution < -0.4 is 0 Å². The average molecular weight is 401 g/mol. The molecule has 156 valence electrons. The molecule has 0 heterocycles. The van der Waals surface area contributed by atoms with E-state index in [0.717, 1.165) is 31.2 Å². The average Bonchev–Trinajstić information content (AvgIpc) is 3.10. The number of rotatable bonds is 3. The third-order valence-corrected chi connectivity index (χ3v) is 9.14. The molecule has 0 unspecified atom stereocenters. The van der Waals surface area contributed by atoms with Crippen molar-refractivity contribution in [2.45, 2.75) is 52.4 Å². The summed E-state index contributed by atoms with van der Waals surface area (Å²) in [4.78, 5) is 25.2. The summed E-state index contributed by atoms with van der Waals surface area (Å²) in [6, 6.07) is 10.1. The standard InChI is InChI=1S/C28H32O2/c1-27-16-14-21(29)18-20(27)9-10-22-23-11-12-25(28(23,2)17-15-24(22)27)26(30)13-8-19-6-4-3-5-7-19/h3-8,13-14,16,18,22-25H,9-12,15,17H2,1-2H3/b13-8+/t22-,23-,24-,25+,27-,28-/m0/s1. The fourth-order valence-electron chi connectivity index (χ4n) is 7.52. The van der Waals surface area contributed by atoms with Crippen molar-refractivity contribution in [2.75, 3.05) is 0 Å².